The van der Waals surface area contributed by atoms with Crippen LogP contribution >= 0.6 is 0 Å². The third-order valence-corrected chi connectivity index (χ3v) is 4.55. The first-order valence-electron chi connectivity index (χ1n) is 6.99. The van der Waals surface area contributed by atoms with Crippen molar-refractivity contribution in [1.29, 1.82) is 5.26 Å². The Morgan fingerprint density at radius 3 is 2.55 bits per heavy atom. The standard InChI is InChI=1S/C15H18N4O/c1-12(20)18-6-4-15(5-7-18)10-19(11-15)14-3-2-13(8-16)17-9-14/h2-3,9H,4-7,10-11H2,1H3. The van der Waals surface area contributed by atoms with E-state index in [1.807, 2.05) is 17.0 Å². The number of likely N-dealkylation sites (tertiary alicyclic amines) is 1. The zero-order valence-corrected chi connectivity index (χ0v) is 11.7. The number of hydrogen-bond acceptors (Lipinski definition) is 4. The van der Waals surface area contributed by atoms with Gasteiger partial charge in [-0.15, -0.1) is 0 Å². The molecule has 3 heterocycles. The summed E-state index contributed by atoms with van der Waals surface area (Å²) in [6.45, 7) is 5.48. The molecule has 104 valence electrons. The van der Waals surface area contributed by atoms with Gasteiger partial charge in [0.15, 0.2) is 0 Å². The summed E-state index contributed by atoms with van der Waals surface area (Å²) >= 11 is 0. The first-order chi connectivity index (χ1) is 9.62. The van der Waals surface area contributed by atoms with E-state index in [0.29, 0.717) is 11.1 Å². The number of rotatable bonds is 1. The van der Waals surface area contributed by atoms with Crippen molar-refractivity contribution in [2.45, 2.75) is 19.8 Å². The Bertz CT molecular complexity index is 544. The van der Waals surface area contributed by atoms with Gasteiger partial charge in [0.2, 0.25) is 5.91 Å². The first kappa shape index (κ1) is 12.9. The maximum atomic E-state index is 11.3. The lowest BCUT2D eigenvalue weighted by atomic mass is 9.72. The molecule has 0 N–H and O–H groups in total. The zero-order chi connectivity index (χ0) is 14.2. The number of amides is 1. The summed E-state index contributed by atoms with van der Waals surface area (Å²) in [6.07, 6.45) is 3.95. The van der Waals surface area contributed by atoms with Crippen molar-refractivity contribution in [2.24, 2.45) is 5.41 Å². The fourth-order valence-electron chi connectivity index (χ4n) is 3.20. The van der Waals surface area contributed by atoms with Crippen molar-refractivity contribution < 1.29 is 4.79 Å². The molecule has 5 nitrogen and oxygen atoms in total. The van der Waals surface area contributed by atoms with Crippen LogP contribution in [0, 0.1) is 16.7 Å². The summed E-state index contributed by atoms with van der Waals surface area (Å²) < 4.78 is 0. The number of carbonyl (C=O) groups excluding carboxylic acids is 1. The van der Waals surface area contributed by atoms with E-state index in [4.69, 9.17) is 5.26 Å². The Labute approximate surface area is 118 Å². The van der Waals surface area contributed by atoms with Crippen molar-refractivity contribution in [1.82, 2.24) is 9.88 Å². The average Bonchev–Trinajstić information content (AvgIpc) is 2.45. The van der Waals surface area contributed by atoms with Gasteiger partial charge in [0.1, 0.15) is 11.8 Å². The van der Waals surface area contributed by atoms with E-state index >= 15 is 0 Å². The molecule has 5 heteroatoms. The van der Waals surface area contributed by atoms with Gasteiger partial charge in [-0.05, 0) is 25.0 Å². The molecule has 2 saturated heterocycles. The van der Waals surface area contributed by atoms with Gasteiger partial charge in [0.25, 0.3) is 0 Å². The molecule has 0 aromatic carbocycles. The topological polar surface area (TPSA) is 60.2 Å². The highest BCUT2D eigenvalue weighted by Crippen LogP contribution is 2.42. The molecule has 3 rings (SSSR count). The second-order valence-corrected chi connectivity index (χ2v) is 5.88. The van der Waals surface area contributed by atoms with Crippen molar-refractivity contribution in [3.8, 4) is 6.07 Å². The van der Waals surface area contributed by atoms with Gasteiger partial charge in [-0.1, -0.05) is 0 Å². The molecule has 1 aromatic heterocycles. The Hall–Kier alpha value is -2.09. The molecule has 20 heavy (non-hydrogen) atoms. The van der Waals surface area contributed by atoms with Crippen LogP contribution in [0.15, 0.2) is 18.3 Å². The van der Waals surface area contributed by atoms with Crippen LogP contribution in [0.3, 0.4) is 0 Å². The number of nitrogens with zero attached hydrogens (tertiary/aromatic N) is 4. The third-order valence-electron chi connectivity index (χ3n) is 4.55. The quantitative estimate of drug-likeness (QED) is 0.774. The second-order valence-electron chi connectivity index (χ2n) is 5.88. The third kappa shape index (κ3) is 2.22. The van der Waals surface area contributed by atoms with E-state index < -0.39 is 0 Å². The Balaban J connectivity index is 1.58. The van der Waals surface area contributed by atoms with E-state index in [0.717, 1.165) is 44.7 Å². The highest BCUT2D eigenvalue weighted by Gasteiger charge is 2.45. The molecule has 2 aliphatic heterocycles. The van der Waals surface area contributed by atoms with Crippen molar-refractivity contribution in [2.75, 3.05) is 31.1 Å². The van der Waals surface area contributed by atoms with Gasteiger partial charge < -0.3 is 9.80 Å². The lowest BCUT2D eigenvalue weighted by molar-refractivity contribution is -0.131. The molecule has 2 aliphatic rings. The van der Waals surface area contributed by atoms with E-state index in [9.17, 15) is 4.79 Å². The average molecular weight is 270 g/mol. The van der Waals surface area contributed by atoms with Gasteiger partial charge >= 0.3 is 0 Å². The molecule has 0 radical (unpaired) electrons. The minimum atomic E-state index is 0.187. The second kappa shape index (κ2) is 4.78. The molecule has 0 atom stereocenters. The van der Waals surface area contributed by atoms with E-state index in [1.54, 1.807) is 19.2 Å². The lowest BCUT2D eigenvalue weighted by Gasteiger charge is -2.54. The van der Waals surface area contributed by atoms with E-state index in [1.165, 1.54) is 0 Å². The Morgan fingerprint density at radius 2 is 2.05 bits per heavy atom. The number of aromatic nitrogens is 1. The number of piperidine rings is 1. The van der Waals surface area contributed by atoms with Crippen LogP contribution in [-0.4, -0.2) is 42.0 Å². The smallest absolute Gasteiger partial charge is 0.219 e. The molecule has 0 bridgehead atoms. The maximum absolute atomic E-state index is 11.3. The van der Waals surface area contributed by atoms with Crippen LogP contribution in [0.4, 0.5) is 5.69 Å². The summed E-state index contributed by atoms with van der Waals surface area (Å²) in [4.78, 5) is 19.7. The largest absolute Gasteiger partial charge is 0.369 e. The first-order valence-corrected chi connectivity index (χ1v) is 6.99. The molecular formula is C15H18N4O. The molecule has 1 spiro atoms. The minimum Gasteiger partial charge on any atom is -0.369 e. The minimum absolute atomic E-state index is 0.187. The number of anilines is 1. The number of nitriles is 1. The molecule has 0 aliphatic carbocycles. The number of hydrogen-bond donors (Lipinski definition) is 0. The summed E-state index contributed by atoms with van der Waals surface area (Å²) in [5.41, 5.74) is 1.92. The van der Waals surface area contributed by atoms with Crippen LogP contribution < -0.4 is 4.90 Å². The summed E-state index contributed by atoms with van der Waals surface area (Å²) in [7, 11) is 0. The van der Waals surface area contributed by atoms with Gasteiger partial charge in [-0.3, -0.25) is 4.79 Å². The fraction of sp³-hybridized carbons (Fsp3) is 0.533. The van der Waals surface area contributed by atoms with Crippen LogP contribution in [0.5, 0.6) is 0 Å². The predicted octanol–water partition coefficient (Wildman–Crippen LogP) is 1.40. The van der Waals surface area contributed by atoms with Crippen LogP contribution in [0.1, 0.15) is 25.5 Å². The summed E-state index contributed by atoms with van der Waals surface area (Å²) in [5, 5.41) is 8.75. The molecule has 0 unspecified atom stereocenters. The van der Waals surface area contributed by atoms with E-state index in [2.05, 4.69) is 9.88 Å². The van der Waals surface area contributed by atoms with Gasteiger partial charge in [0.05, 0.1) is 11.9 Å². The van der Waals surface area contributed by atoms with Gasteiger partial charge in [-0.2, -0.15) is 5.26 Å². The lowest BCUT2D eigenvalue weighted by Crippen LogP contribution is -2.60. The monoisotopic (exact) mass is 270 g/mol. The maximum Gasteiger partial charge on any atom is 0.219 e. The van der Waals surface area contributed by atoms with Crippen molar-refractivity contribution in [3.63, 3.8) is 0 Å². The highest BCUT2D eigenvalue weighted by atomic mass is 16.2. The Kier molecular flexibility index (Phi) is 3.09. The van der Waals surface area contributed by atoms with Gasteiger partial charge in [0, 0.05) is 38.5 Å². The molecule has 0 saturated carbocycles. The zero-order valence-electron chi connectivity index (χ0n) is 11.7. The van der Waals surface area contributed by atoms with Crippen LogP contribution in [-0.2, 0) is 4.79 Å². The normalized spacial score (nSPS) is 20.4. The van der Waals surface area contributed by atoms with Crippen molar-refractivity contribution >= 4 is 11.6 Å². The van der Waals surface area contributed by atoms with Crippen LogP contribution in [0.25, 0.3) is 0 Å². The number of pyridine rings is 1. The summed E-state index contributed by atoms with van der Waals surface area (Å²) in [6, 6.07) is 5.76. The van der Waals surface area contributed by atoms with E-state index in [-0.39, 0.29) is 5.91 Å². The van der Waals surface area contributed by atoms with Crippen LogP contribution in [0.2, 0.25) is 0 Å². The molecule has 1 amide bonds. The predicted molar refractivity (Wildman–Crippen MR) is 75.1 cm³/mol. The Morgan fingerprint density at radius 1 is 1.35 bits per heavy atom. The molecular weight excluding hydrogens is 252 g/mol. The fourth-order valence-corrected chi connectivity index (χ4v) is 3.20. The SMILES string of the molecule is CC(=O)N1CCC2(CC1)CN(c1ccc(C#N)nc1)C2. The molecule has 1 aromatic rings. The molecule has 2 fully saturated rings. The van der Waals surface area contributed by atoms with Gasteiger partial charge in [-0.25, -0.2) is 4.98 Å². The highest BCUT2D eigenvalue weighted by molar-refractivity contribution is 5.73. The number of carbonyl (C=O) groups is 1. The summed E-state index contributed by atoms with van der Waals surface area (Å²) in [5.74, 6) is 0.187. The van der Waals surface area contributed by atoms with Crippen molar-refractivity contribution in [3.05, 3.63) is 24.0 Å².